The molecule has 0 heterocycles. The van der Waals surface area contributed by atoms with Gasteiger partial charge >= 0.3 is 5.97 Å². The standard InChI is InChI=1S/C10H18O3/c1-5-6-8(2)13-9(11)7-10(3,4)12/h5-6,8,12H,7H2,1-4H3. The predicted octanol–water partition coefficient (Wildman–Crippen LogP) is 1.66. The molecule has 0 aromatic rings. The van der Waals surface area contributed by atoms with Crippen LogP contribution in [0.4, 0.5) is 0 Å². The molecule has 3 nitrogen and oxygen atoms in total. The molecule has 1 N–H and O–H groups in total. The Kier molecular flexibility index (Phi) is 4.70. The fraction of sp³-hybridized carbons (Fsp3) is 0.700. The van der Waals surface area contributed by atoms with Crippen molar-refractivity contribution in [2.75, 3.05) is 0 Å². The maximum Gasteiger partial charge on any atom is 0.309 e. The van der Waals surface area contributed by atoms with Crippen molar-refractivity contribution in [3.63, 3.8) is 0 Å². The summed E-state index contributed by atoms with van der Waals surface area (Å²) in [6, 6.07) is 0. The van der Waals surface area contributed by atoms with Crippen LogP contribution in [-0.2, 0) is 9.53 Å². The lowest BCUT2D eigenvalue weighted by atomic mass is 10.1. The minimum Gasteiger partial charge on any atom is -0.458 e. The minimum absolute atomic E-state index is 0.0227. The van der Waals surface area contributed by atoms with E-state index in [1.165, 1.54) is 0 Å². The van der Waals surface area contributed by atoms with Crippen molar-refractivity contribution in [1.82, 2.24) is 0 Å². The Balaban J connectivity index is 3.88. The van der Waals surface area contributed by atoms with Crippen LogP contribution < -0.4 is 0 Å². The highest BCUT2D eigenvalue weighted by molar-refractivity contribution is 5.70. The quantitative estimate of drug-likeness (QED) is 0.536. The van der Waals surface area contributed by atoms with Gasteiger partial charge in [-0.2, -0.15) is 0 Å². The first-order valence-corrected chi connectivity index (χ1v) is 4.40. The largest absolute Gasteiger partial charge is 0.458 e. The van der Waals surface area contributed by atoms with Crippen LogP contribution in [0.3, 0.4) is 0 Å². The maximum atomic E-state index is 11.1. The van der Waals surface area contributed by atoms with Gasteiger partial charge in [-0.25, -0.2) is 0 Å². The molecule has 0 aromatic heterocycles. The van der Waals surface area contributed by atoms with Crippen LogP contribution in [0, 0.1) is 0 Å². The summed E-state index contributed by atoms with van der Waals surface area (Å²) in [5.74, 6) is -0.377. The van der Waals surface area contributed by atoms with Gasteiger partial charge in [0.05, 0.1) is 12.0 Å². The molecule has 0 aromatic carbocycles. The zero-order valence-electron chi connectivity index (χ0n) is 8.70. The van der Waals surface area contributed by atoms with Gasteiger partial charge in [0.2, 0.25) is 0 Å². The third-order valence-corrected chi connectivity index (χ3v) is 1.36. The number of hydrogen-bond acceptors (Lipinski definition) is 3. The Bertz CT molecular complexity index is 189. The van der Waals surface area contributed by atoms with Gasteiger partial charge in [-0.3, -0.25) is 4.79 Å². The Morgan fingerprint density at radius 1 is 1.62 bits per heavy atom. The highest BCUT2D eigenvalue weighted by atomic mass is 16.5. The Morgan fingerprint density at radius 2 is 2.15 bits per heavy atom. The number of rotatable bonds is 4. The summed E-state index contributed by atoms with van der Waals surface area (Å²) in [4.78, 5) is 11.1. The lowest BCUT2D eigenvalue weighted by Gasteiger charge is -2.17. The summed E-state index contributed by atoms with van der Waals surface area (Å²) in [5.41, 5.74) is -0.993. The molecule has 1 atom stereocenters. The average molecular weight is 186 g/mol. The van der Waals surface area contributed by atoms with Crippen LogP contribution in [0.5, 0.6) is 0 Å². The van der Waals surface area contributed by atoms with Crippen molar-refractivity contribution in [2.24, 2.45) is 0 Å². The van der Waals surface area contributed by atoms with E-state index in [0.29, 0.717) is 0 Å². The number of esters is 1. The first-order chi connectivity index (χ1) is 5.85. The zero-order valence-corrected chi connectivity index (χ0v) is 8.70. The Hall–Kier alpha value is -0.830. The normalized spacial score (nSPS) is 14.5. The number of aliphatic hydroxyl groups is 1. The first-order valence-electron chi connectivity index (χ1n) is 4.40. The molecular weight excluding hydrogens is 168 g/mol. The van der Waals surface area contributed by atoms with Gasteiger partial charge in [0.1, 0.15) is 6.10 Å². The summed E-state index contributed by atoms with van der Waals surface area (Å²) >= 11 is 0. The average Bonchev–Trinajstić information content (AvgIpc) is 1.81. The van der Waals surface area contributed by atoms with Crippen LogP contribution in [0.15, 0.2) is 12.2 Å². The monoisotopic (exact) mass is 186 g/mol. The third kappa shape index (κ3) is 7.53. The van der Waals surface area contributed by atoms with Crippen molar-refractivity contribution < 1.29 is 14.6 Å². The first kappa shape index (κ1) is 12.2. The fourth-order valence-corrected chi connectivity index (χ4v) is 0.913. The number of hydrogen-bond donors (Lipinski definition) is 1. The third-order valence-electron chi connectivity index (χ3n) is 1.36. The van der Waals surface area contributed by atoms with Crippen molar-refractivity contribution >= 4 is 5.97 Å². The Labute approximate surface area is 79.4 Å². The number of carbonyl (C=O) groups excluding carboxylic acids is 1. The second kappa shape index (κ2) is 5.02. The molecule has 0 saturated carbocycles. The van der Waals surface area contributed by atoms with Crippen LogP contribution in [0.25, 0.3) is 0 Å². The SMILES string of the molecule is CC=CC(C)OC(=O)CC(C)(C)O. The van der Waals surface area contributed by atoms with Gasteiger partial charge in [0.25, 0.3) is 0 Å². The molecule has 13 heavy (non-hydrogen) atoms. The molecule has 0 saturated heterocycles. The van der Waals surface area contributed by atoms with Gasteiger partial charge in [-0.15, -0.1) is 0 Å². The van der Waals surface area contributed by atoms with Gasteiger partial charge in [0.15, 0.2) is 0 Å². The molecule has 0 aliphatic carbocycles. The highest BCUT2D eigenvalue weighted by Crippen LogP contribution is 2.09. The zero-order chi connectivity index (χ0) is 10.5. The lowest BCUT2D eigenvalue weighted by Crippen LogP contribution is -2.26. The molecule has 0 rings (SSSR count). The molecular formula is C10H18O3. The van der Waals surface area contributed by atoms with Crippen LogP contribution in [0.2, 0.25) is 0 Å². The van der Waals surface area contributed by atoms with Crippen molar-refractivity contribution in [3.05, 3.63) is 12.2 Å². The number of allylic oxidation sites excluding steroid dienone is 1. The molecule has 0 aliphatic heterocycles. The van der Waals surface area contributed by atoms with E-state index in [2.05, 4.69) is 0 Å². The summed E-state index contributed by atoms with van der Waals surface area (Å²) in [5, 5.41) is 9.31. The minimum atomic E-state index is -0.993. The second-order valence-electron chi connectivity index (χ2n) is 3.71. The Morgan fingerprint density at radius 3 is 2.54 bits per heavy atom. The molecule has 0 radical (unpaired) electrons. The molecule has 1 unspecified atom stereocenters. The van der Waals surface area contributed by atoms with Gasteiger partial charge in [-0.05, 0) is 33.8 Å². The van der Waals surface area contributed by atoms with Gasteiger partial charge in [0, 0.05) is 0 Å². The molecule has 0 spiro atoms. The van der Waals surface area contributed by atoms with Crippen molar-refractivity contribution in [1.29, 1.82) is 0 Å². The predicted molar refractivity (Wildman–Crippen MR) is 51.3 cm³/mol. The van der Waals surface area contributed by atoms with E-state index in [0.717, 1.165) is 0 Å². The number of carbonyl (C=O) groups is 1. The van der Waals surface area contributed by atoms with E-state index < -0.39 is 5.60 Å². The van der Waals surface area contributed by atoms with E-state index in [1.807, 2.05) is 13.0 Å². The van der Waals surface area contributed by atoms with E-state index in [-0.39, 0.29) is 18.5 Å². The number of ether oxygens (including phenoxy) is 1. The molecule has 76 valence electrons. The van der Waals surface area contributed by atoms with Gasteiger partial charge < -0.3 is 9.84 Å². The van der Waals surface area contributed by atoms with Crippen LogP contribution in [-0.4, -0.2) is 22.8 Å². The molecule has 0 fully saturated rings. The topological polar surface area (TPSA) is 46.5 Å². The summed E-state index contributed by atoms with van der Waals surface area (Å²) in [7, 11) is 0. The van der Waals surface area contributed by atoms with E-state index in [4.69, 9.17) is 4.74 Å². The van der Waals surface area contributed by atoms with Gasteiger partial charge in [-0.1, -0.05) is 6.08 Å². The fourth-order valence-electron chi connectivity index (χ4n) is 0.913. The summed E-state index contributed by atoms with van der Waals surface area (Å²) in [6.07, 6.45) is 3.40. The van der Waals surface area contributed by atoms with Crippen LogP contribution >= 0.6 is 0 Å². The van der Waals surface area contributed by atoms with E-state index in [1.54, 1.807) is 26.8 Å². The molecule has 0 amide bonds. The lowest BCUT2D eigenvalue weighted by molar-refractivity contribution is -0.150. The van der Waals surface area contributed by atoms with Crippen LogP contribution in [0.1, 0.15) is 34.1 Å². The van der Waals surface area contributed by atoms with E-state index >= 15 is 0 Å². The molecule has 0 bridgehead atoms. The second-order valence-corrected chi connectivity index (χ2v) is 3.71. The smallest absolute Gasteiger partial charge is 0.309 e. The molecule has 3 heteroatoms. The highest BCUT2D eigenvalue weighted by Gasteiger charge is 2.19. The summed E-state index contributed by atoms with van der Waals surface area (Å²) < 4.78 is 4.98. The molecule has 0 aliphatic rings. The van der Waals surface area contributed by atoms with E-state index in [9.17, 15) is 9.90 Å². The van der Waals surface area contributed by atoms with Crippen molar-refractivity contribution in [2.45, 2.75) is 45.8 Å². The maximum absolute atomic E-state index is 11.1. The summed E-state index contributed by atoms with van der Waals surface area (Å²) in [6.45, 7) is 6.80. The van der Waals surface area contributed by atoms with Crippen molar-refractivity contribution in [3.8, 4) is 0 Å².